The fraction of sp³-hybridized carbons (Fsp3) is 0.429. The number of carbonyl (C=O) groups excluding carboxylic acids is 1. The van der Waals surface area contributed by atoms with Gasteiger partial charge in [0.25, 0.3) is 0 Å². The van der Waals surface area contributed by atoms with Gasteiger partial charge in [-0.05, 0) is 18.4 Å². The molecule has 1 aliphatic carbocycles. The van der Waals surface area contributed by atoms with Gasteiger partial charge in [0.05, 0.1) is 5.41 Å². The van der Waals surface area contributed by atoms with Gasteiger partial charge in [0.1, 0.15) is 12.6 Å². The minimum absolute atomic E-state index is 0.155. The molecule has 1 amide bonds. The minimum atomic E-state index is -4.69. The van der Waals surface area contributed by atoms with E-state index in [4.69, 9.17) is 9.84 Å². The molecule has 8 heteroatoms. The van der Waals surface area contributed by atoms with Crippen molar-refractivity contribution in [3.8, 4) is 0 Å². The van der Waals surface area contributed by atoms with Crippen LogP contribution < -0.4 is 5.32 Å². The molecule has 0 spiro atoms. The molecule has 0 radical (unpaired) electrons. The van der Waals surface area contributed by atoms with E-state index < -0.39 is 29.7 Å². The van der Waals surface area contributed by atoms with Crippen molar-refractivity contribution in [3.63, 3.8) is 0 Å². The van der Waals surface area contributed by atoms with Crippen molar-refractivity contribution in [2.24, 2.45) is 5.41 Å². The lowest BCUT2D eigenvalue weighted by Gasteiger charge is -2.26. The number of alkyl halides is 3. The van der Waals surface area contributed by atoms with Crippen molar-refractivity contribution in [1.82, 2.24) is 5.32 Å². The number of aliphatic carboxylic acids is 1. The summed E-state index contributed by atoms with van der Waals surface area (Å²) < 4.78 is 43.6. The first-order valence-electron chi connectivity index (χ1n) is 6.53. The molecule has 2 rings (SSSR count). The van der Waals surface area contributed by atoms with Crippen LogP contribution in [0.4, 0.5) is 18.0 Å². The van der Waals surface area contributed by atoms with Gasteiger partial charge in [0, 0.05) is 0 Å². The molecule has 22 heavy (non-hydrogen) atoms. The fourth-order valence-corrected chi connectivity index (χ4v) is 2.19. The van der Waals surface area contributed by atoms with Crippen LogP contribution in [0, 0.1) is 5.41 Å². The number of carboxylic acid groups (broad SMARTS) is 1. The molecule has 0 aromatic heterocycles. The first kappa shape index (κ1) is 16.1. The topological polar surface area (TPSA) is 75.6 Å². The second-order valence-electron chi connectivity index (χ2n) is 5.13. The van der Waals surface area contributed by atoms with Gasteiger partial charge in [-0.25, -0.2) is 9.59 Å². The Hall–Kier alpha value is -2.25. The van der Waals surface area contributed by atoms with Crippen LogP contribution in [0.2, 0.25) is 0 Å². The SMILES string of the molecule is O=C(NC(C(=O)O)C1(C(F)(F)F)CC1)OCc1ccccc1. The van der Waals surface area contributed by atoms with Gasteiger partial charge < -0.3 is 15.2 Å². The second-order valence-corrected chi connectivity index (χ2v) is 5.13. The van der Waals surface area contributed by atoms with Gasteiger partial charge in [-0.1, -0.05) is 30.3 Å². The maximum Gasteiger partial charge on any atom is 0.408 e. The number of hydrogen-bond acceptors (Lipinski definition) is 3. The van der Waals surface area contributed by atoms with E-state index in [9.17, 15) is 22.8 Å². The molecule has 5 nitrogen and oxygen atoms in total. The largest absolute Gasteiger partial charge is 0.480 e. The van der Waals surface area contributed by atoms with E-state index >= 15 is 0 Å². The Kier molecular flexibility index (Phi) is 4.30. The smallest absolute Gasteiger partial charge is 0.408 e. The molecule has 0 heterocycles. The summed E-state index contributed by atoms with van der Waals surface area (Å²) in [5.41, 5.74) is -1.76. The van der Waals surface area contributed by atoms with Gasteiger partial charge in [-0.2, -0.15) is 13.2 Å². The number of ether oxygens (including phenoxy) is 1. The first-order chi connectivity index (χ1) is 10.3. The number of rotatable bonds is 5. The summed E-state index contributed by atoms with van der Waals surface area (Å²) in [6.07, 6.45) is -6.53. The number of amides is 1. The molecular formula is C14H14F3NO4. The predicted octanol–water partition coefficient (Wildman–Crippen LogP) is 2.71. The number of nitrogens with one attached hydrogen (secondary N) is 1. The summed E-state index contributed by atoms with van der Waals surface area (Å²) in [6, 6.07) is 6.46. The van der Waals surface area contributed by atoms with Crippen LogP contribution in [0.25, 0.3) is 0 Å². The molecule has 0 aliphatic heterocycles. The third-order valence-electron chi connectivity index (χ3n) is 3.63. The van der Waals surface area contributed by atoms with E-state index in [1.807, 2.05) is 5.32 Å². The normalized spacial score (nSPS) is 17.4. The molecule has 1 atom stereocenters. The number of carbonyl (C=O) groups is 2. The summed E-state index contributed by atoms with van der Waals surface area (Å²) in [4.78, 5) is 22.6. The highest BCUT2D eigenvalue weighted by Gasteiger charge is 2.69. The fourth-order valence-electron chi connectivity index (χ4n) is 2.19. The molecule has 1 aromatic carbocycles. The van der Waals surface area contributed by atoms with Gasteiger partial charge in [0.15, 0.2) is 0 Å². The van der Waals surface area contributed by atoms with Crippen LogP contribution in [0.15, 0.2) is 30.3 Å². The number of hydrogen-bond donors (Lipinski definition) is 2. The van der Waals surface area contributed by atoms with Crippen LogP contribution in [0.3, 0.4) is 0 Å². The zero-order valence-electron chi connectivity index (χ0n) is 11.4. The predicted molar refractivity (Wildman–Crippen MR) is 68.9 cm³/mol. The highest BCUT2D eigenvalue weighted by atomic mass is 19.4. The van der Waals surface area contributed by atoms with Crippen molar-refractivity contribution in [1.29, 1.82) is 0 Å². The maximum atomic E-state index is 13.0. The van der Waals surface area contributed by atoms with E-state index in [-0.39, 0.29) is 19.4 Å². The van der Waals surface area contributed by atoms with Crippen molar-refractivity contribution in [3.05, 3.63) is 35.9 Å². The molecule has 1 unspecified atom stereocenters. The van der Waals surface area contributed by atoms with Crippen LogP contribution in [-0.2, 0) is 16.1 Å². The first-order valence-corrected chi connectivity index (χ1v) is 6.53. The minimum Gasteiger partial charge on any atom is -0.480 e. The number of halogens is 3. The number of alkyl carbamates (subject to hydrolysis) is 1. The summed E-state index contributed by atoms with van der Waals surface area (Å²) in [7, 11) is 0. The zero-order chi connectivity index (χ0) is 16.4. The third kappa shape index (κ3) is 3.32. The van der Waals surface area contributed by atoms with E-state index in [2.05, 4.69) is 0 Å². The third-order valence-corrected chi connectivity index (χ3v) is 3.63. The van der Waals surface area contributed by atoms with Crippen LogP contribution >= 0.6 is 0 Å². The van der Waals surface area contributed by atoms with E-state index in [0.717, 1.165) is 0 Å². The Balaban J connectivity index is 1.97. The van der Waals surface area contributed by atoms with Crippen LogP contribution in [0.1, 0.15) is 18.4 Å². The second kappa shape index (κ2) is 5.86. The summed E-state index contributed by atoms with van der Waals surface area (Å²) in [5.74, 6) is -1.73. The van der Waals surface area contributed by atoms with E-state index in [1.165, 1.54) is 0 Å². The maximum absolute atomic E-state index is 13.0. The standard InChI is InChI=1S/C14H14F3NO4/c15-14(16,17)13(6-7-13)10(11(19)20)18-12(21)22-8-9-4-2-1-3-5-9/h1-5,10H,6-8H2,(H,18,21)(H,19,20). The Bertz CT molecular complexity index is 555. The lowest BCUT2D eigenvalue weighted by molar-refractivity contribution is -0.200. The van der Waals surface area contributed by atoms with Gasteiger partial charge in [0.2, 0.25) is 0 Å². The summed E-state index contributed by atoms with van der Waals surface area (Å²) in [5, 5.41) is 10.8. The van der Waals surface area contributed by atoms with Crippen molar-refractivity contribution in [2.75, 3.05) is 0 Å². The Morgan fingerprint density at radius 2 is 1.86 bits per heavy atom. The molecule has 1 fully saturated rings. The van der Waals surface area contributed by atoms with E-state index in [1.54, 1.807) is 30.3 Å². The average molecular weight is 317 g/mol. The molecule has 0 saturated heterocycles. The molecule has 2 N–H and O–H groups in total. The highest BCUT2D eigenvalue weighted by Crippen LogP contribution is 2.59. The molecule has 1 aromatic rings. The Labute approximate surface area is 124 Å². The molecule has 1 aliphatic rings. The van der Waals surface area contributed by atoms with Crippen molar-refractivity contribution >= 4 is 12.1 Å². The van der Waals surface area contributed by atoms with Crippen molar-refractivity contribution in [2.45, 2.75) is 31.7 Å². The highest BCUT2D eigenvalue weighted by molar-refractivity contribution is 5.81. The Morgan fingerprint density at radius 3 is 2.32 bits per heavy atom. The quantitative estimate of drug-likeness (QED) is 0.875. The summed E-state index contributed by atoms with van der Waals surface area (Å²) in [6.45, 7) is -0.155. The average Bonchev–Trinajstić information content (AvgIpc) is 3.24. The molecule has 0 bridgehead atoms. The number of carboxylic acids is 1. The Morgan fingerprint density at radius 1 is 1.27 bits per heavy atom. The number of benzene rings is 1. The molecule has 120 valence electrons. The van der Waals surface area contributed by atoms with Gasteiger partial charge in [-0.3, -0.25) is 0 Å². The lowest BCUT2D eigenvalue weighted by atomic mass is 9.96. The lowest BCUT2D eigenvalue weighted by Crippen LogP contribution is -2.52. The van der Waals surface area contributed by atoms with Crippen molar-refractivity contribution < 1.29 is 32.6 Å². The zero-order valence-corrected chi connectivity index (χ0v) is 11.4. The van der Waals surface area contributed by atoms with Crippen LogP contribution in [0.5, 0.6) is 0 Å². The monoisotopic (exact) mass is 317 g/mol. The van der Waals surface area contributed by atoms with E-state index in [0.29, 0.717) is 5.56 Å². The molecular weight excluding hydrogens is 303 g/mol. The van der Waals surface area contributed by atoms with Gasteiger partial charge >= 0.3 is 18.2 Å². The van der Waals surface area contributed by atoms with Gasteiger partial charge in [-0.15, -0.1) is 0 Å². The molecule has 1 saturated carbocycles. The summed E-state index contributed by atoms with van der Waals surface area (Å²) >= 11 is 0. The van der Waals surface area contributed by atoms with Crippen LogP contribution in [-0.4, -0.2) is 29.4 Å².